The van der Waals surface area contributed by atoms with Crippen LogP contribution in [0.15, 0.2) is 24.3 Å². The molecule has 0 bridgehead atoms. The van der Waals surface area contributed by atoms with Crippen molar-refractivity contribution in [1.29, 1.82) is 0 Å². The minimum atomic E-state index is 0.329. The number of hydrogen-bond donors (Lipinski definition) is 1. The first-order valence-electron chi connectivity index (χ1n) is 7.22. The van der Waals surface area contributed by atoms with Crippen molar-refractivity contribution in [2.75, 3.05) is 13.2 Å². The molecule has 0 atom stereocenters. The van der Waals surface area contributed by atoms with E-state index in [4.69, 9.17) is 11.2 Å². The molecule has 0 saturated carbocycles. The number of rotatable bonds is 10. The van der Waals surface area contributed by atoms with Crippen LogP contribution in [0.1, 0.15) is 44.6 Å². The van der Waals surface area contributed by atoms with E-state index in [1.54, 1.807) is 0 Å². The fourth-order valence-corrected chi connectivity index (χ4v) is 1.91. The number of nitrogens with one attached hydrogen (secondary N) is 1. The van der Waals surface area contributed by atoms with Gasteiger partial charge in [-0.3, -0.25) is 0 Å². The van der Waals surface area contributed by atoms with Gasteiger partial charge in [0.05, 0.1) is 0 Å². The molecular weight excluding hydrogens is 234 g/mol. The summed E-state index contributed by atoms with van der Waals surface area (Å²) >= 11 is 0. The third kappa shape index (κ3) is 7.54. The quantitative estimate of drug-likeness (QED) is 0.510. The third-order valence-corrected chi connectivity index (χ3v) is 3.03. The summed E-state index contributed by atoms with van der Waals surface area (Å²) in [6.07, 6.45) is 11.8. The van der Waals surface area contributed by atoms with E-state index in [0.29, 0.717) is 6.61 Å². The first kappa shape index (κ1) is 15.6. The van der Waals surface area contributed by atoms with E-state index in [1.165, 1.54) is 37.7 Å². The second-order valence-electron chi connectivity index (χ2n) is 4.73. The van der Waals surface area contributed by atoms with Crippen molar-refractivity contribution in [3.8, 4) is 18.1 Å². The zero-order valence-electron chi connectivity index (χ0n) is 12.0. The molecule has 0 saturated heterocycles. The fourth-order valence-electron chi connectivity index (χ4n) is 1.91. The van der Waals surface area contributed by atoms with Crippen LogP contribution in [-0.2, 0) is 6.54 Å². The van der Waals surface area contributed by atoms with Gasteiger partial charge in [0.15, 0.2) is 0 Å². The van der Waals surface area contributed by atoms with Gasteiger partial charge < -0.3 is 10.1 Å². The Labute approximate surface area is 117 Å². The fraction of sp³-hybridized carbons (Fsp3) is 0.529. The molecule has 1 N–H and O–H groups in total. The minimum absolute atomic E-state index is 0.329. The highest BCUT2D eigenvalue weighted by Crippen LogP contribution is 2.11. The maximum atomic E-state index is 5.33. The van der Waals surface area contributed by atoms with E-state index in [0.717, 1.165) is 18.8 Å². The van der Waals surface area contributed by atoms with Crippen LogP contribution in [0.4, 0.5) is 0 Å². The number of terminal acetylenes is 1. The molecule has 104 valence electrons. The first-order valence-corrected chi connectivity index (χ1v) is 7.22. The lowest BCUT2D eigenvalue weighted by Crippen LogP contribution is -2.14. The Kier molecular flexibility index (Phi) is 8.59. The molecule has 2 nitrogen and oxygen atoms in total. The summed E-state index contributed by atoms with van der Waals surface area (Å²) in [4.78, 5) is 0. The van der Waals surface area contributed by atoms with Crippen LogP contribution in [0.5, 0.6) is 5.75 Å². The minimum Gasteiger partial charge on any atom is -0.481 e. The Hall–Kier alpha value is -1.46. The number of benzene rings is 1. The summed E-state index contributed by atoms with van der Waals surface area (Å²) in [6.45, 7) is 4.59. The van der Waals surface area contributed by atoms with Crippen molar-refractivity contribution in [3.05, 3.63) is 29.8 Å². The number of hydrogen-bond acceptors (Lipinski definition) is 2. The van der Waals surface area contributed by atoms with Gasteiger partial charge in [0.2, 0.25) is 0 Å². The van der Waals surface area contributed by atoms with Gasteiger partial charge in [-0.1, -0.05) is 50.7 Å². The highest BCUT2D eigenvalue weighted by atomic mass is 16.5. The lowest BCUT2D eigenvalue weighted by molar-refractivity contribution is 0.370. The van der Waals surface area contributed by atoms with Crippen molar-refractivity contribution >= 4 is 0 Å². The maximum absolute atomic E-state index is 5.33. The van der Waals surface area contributed by atoms with Gasteiger partial charge in [-0.25, -0.2) is 0 Å². The Morgan fingerprint density at radius 2 is 1.84 bits per heavy atom. The Bertz CT molecular complexity index is 364. The summed E-state index contributed by atoms with van der Waals surface area (Å²) in [7, 11) is 0. The zero-order valence-corrected chi connectivity index (χ0v) is 12.0. The SMILES string of the molecule is C#CCOc1ccc(CNCCCCCCC)cc1. The highest BCUT2D eigenvalue weighted by Gasteiger charge is 1.95. The molecule has 0 aromatic heterocycles. The molecule has 0 amide bonds. The standard InChI is InChI=1S/C17H25NO/c1-3-5-6-7-8-13-18-15-16-9-11-17(12-10-16)19-14-4-2/h2,9-12,18H,3,5-8,13-15H2,1H3. The van der Waals surface area contributed by atoms with Gasteiger partial charge in [0.25, 0.3) is 0 Å². The van der Waals surface area contributed by atoms with Crippen molar-refractivity contribution in [2.24, 2.45) is 0 Å². The maximum Gasteiger partial charge on any atom is 0.148 e. The molecule has 0 fully saturated rings. The van der Waals surface area contributed by atoms with Gasteiger partial charge in [0.1, 0.15) is 12.4 Å². The molecule has 2 heteroatoms. The first-order chi connectivity index (χ1) is 9.36. The van der Waals surface area contributed by atoms with E-state index in [9.17, 15) is 0 Å². The van der Waals surface area contributed by atoms with E-state index in [1.807, 2.05) is 12.1 Å². The van der Waals surface area contributed by atoms with Gasteiger partial charge >= 0.3 is 0 Å². The van der Waals surface area contributed by atoms with E-state index in [-0.39, 0.29) is 0 Å². The Morgan fingerprint density at radius 1 is 1.11 bits per heavy atom. The lowest BCUT2D eigenvalue weighted by Gasteiger charge is -2.06. The molecule has 0 aliphatic carbocycles. The largest absolute Gasteiger partial charge is 0.481 e. The Balaban J connectivity index is 2.11. The van der Waals surface area contributed by atoms with Gasteiger partial charge in [-0.05, 0) is 30.7 Å². The van der Waals surface area contributed by atoms with Crippen LogP contribution in [0.2, 0.25) is 0 Å². The molecule has 19 heavy (non-hydrogen) atoms. The van der Waals surface area contributed by atoms with Crippen LogP contribution in [0.3, 0.4) is 0 Å². The summed E-state index contributed by atoms with van der Waals surface area (Å²) in [5.74, 6) is 3.29. The normalized spacial score (nSPS) is 10.1. The monoisotopic (exact) mass is 259 g/mol. The van der Waals surface area contributed by atoms with Crippen LogP contribution >= 0.6 is 0 Å². The second-order valence-corrected chi connectivity index (χ2v) is 4.73. The molecule has 1 aromatic rings. The molecular formula is C17H25NO. The predicted molar refractivity (Wildman–Crippen MR) is 81.2 cm³/mol. The molecule has 1 rings (SSSR count). The van der Waals surface area contributed by atoms with E-state index < -0.39 is 0 Å². The van der Waals surface area contributed by atoms with E-state index in [2.05, 4.69) is 30.3 Å². The number of ether oxygens (including phenoxy) is 1. The van der Waals surface area contributed by atoms with Crippen molar-refractivity contribution in [2.45, 2.75) is 45.6 Å². The number of unbranched alkanes of at least 4 members (excludes halogenated alkanes) is 4. The van der Waals surface area contributed by atoms with Crippen LogP contribution in [0, 0.1) is 12.3 Å². The van der Waals surface area contributed by atoms with Gasteiger partial charge in [-0.2, -0.15) is 0 Å². The van der Waals surface area contributed by atoms with Crippen molar-refractivity contribution < 1.29 is 4.74 Å². The molecule has 0 unspecified atom stereocenters. The summed E-state index contributed by atoms with van der Waals surface area (Å²) < 4.78 is 5.33. The molecule has 0 heterocycles. The van der Waals surface area contributed by atoms with Gasteiger partial charge in [0, 0.05) is 6.54 Å². The average molecular weight is 259 g/mol. The van der Waals surface area contributed by atoms with E-state index >= 15 is 0 Å². The molecule has 1 aromatic carbocycles. The van der Waals surface area contributed by atoms with Gasteiger partial charge in [-0.15, -0.1) is 6.42 Å². The van der Waals surface area contributed by atoms with Crippen LogP contribution in [0.25, 0.3) is 0 Å². The zero-order chi connectivity index (χ0) is 13.8. The van der Waals surface area contributed by atoms with Crippen molar-refractivity contribution in [3.63, 3.8) is 0 Å². The third-order valence-electron chi connectivity index (χ3n) is 3.03. The van der Waals surface area contributed by atoms with Crippen LogP contribution < -0.4 is 10.1 Å². The van der Waals surface area contributed by atoms with Crippen molar-refractivity contribution in [1.82, 2.24) is 5.32 Å². The summed E-state index contributed by atoms with van der Waals surface area (Å²) in [6, 6.07) is 8.09. The Morgan fingerprint density at radius 3 is 2.53 bits per heavy atom. The smallest absolute Gasteiger partial charge is 0.148 e. The lowest BCUT2D eigenvalue weighted by atomic mass is 10.1. The van der Waals surface area contributed by atoms with Crippen LogP contribution in [-0.4, -0.2) is 13.2 Å². The predicted octanol–water partition coefficient (Wildman–Crippen LogP) is 3.76. The highest BCUT2D eigenvalue weighted by molar-refractivity contribution is 5.27. The molecule has 0 aliphatic heterocycles. The molecule has 0 spiro atoms. The second kappa shape index (κ2) is 10.5. The topological polar surface area (TPSA) is 21.3 Å². The molecule has 0 aliphatic rings. The average Bonchev–Trinajstić information content (AvgIpc) is 2.45. The summed E-state index contributed by atoms with van der Waals surface area (Å²) in [5, 5.41) is 3.47. The molecule has 0 radical (unpaired) electrons. The summed E-state index contributed by atoms with van der Waals surface area (Å²) in [5.41, 5.74) is 1.28.